The molecule has 6 nitrogen and oxygen atoms in total. The minimum absolute atomic E-state index is 0.471. The summed E-state index contributed by atoms with van der Waals surface area (Å²) in [5, 5.41) is 19.2. The second-order valence-electron chi connectivity index (χ2n) is 10.6. The third-order valence-corrected chi connectivity index (χ3v) is 4.80. The minimum Gasteiger partial charge on any atom is -0.393 e. The molecule has 2 atom stereocenters. The second kappa shape index (κ2) is 10.1. The van der Waals surface area contributed by atoms with E-state index >= 15 is 0 Å². The van der Waals surface area contributed by atoms with Gasteiger partial charge in [-0.15, -0.1) is 0 Å². The predicted octanol–water partition coefficient (Wildman–Crippen LogP) is 5.15. The summed E-state index contributed by atoms with van der Waals surface area (Å²) in [6.07, 6.45) is -0.000199. The number of hydrogen-bond donors (Lipinski definition) is 2. The summed E-state index contributed by atoms with van der Waals surface area (Å²) in [6.45, 7) is 18.7. The van der Waals surface area contributed by atoms with Crippen LogP contribution in [-0.2, 0) is 30.8 Å². The van der Waals surface area contributed by atoms with Crippen LogP contribution in [0.5, 0.6) is 0 Å². The Kier molecular flexibility index (Phi) is 9.07. The van der Waals surface area contributed by atoms with Gasteiger partial charge in [0.2, 0.25) is 0 Å². The first-order chi connectivity index (χ1) is 13.5. The zero-order chi connectivity index (χ0) is 23.4. The fourth-order valence-electron chi connectivity index (χ4n) is 3.29. The summed E-state index contributed by atoms with van der Waals surface area (Å²) in [5.74, 6) is 0. The fraction of sp³-hybridized carbons (Fsp3) is 0.750. The number of aliphatic hydroxyl groups is 2. The van der Waals surface area contributed by atoms with Gasteiger partial charge in [-0.3, -0.25) is 0 Å². The molecule has 0 spiro atoms. The molecule has 0 aliphatic carbocycles. The molecule has 2 N–H and O–H groups in total. The van der Waals surface area contributed by atoms with Crippen molar-refractivity contribution in [2.75, 3.05) is 0 Å². The van der Waals surface area contributed by atoms with Gasteiger partial charge in [0.05, 0.1) is 12.2 Å². The maximum atomic E-state index is 9.61. The largest absolute Gasteiger partial charge is 0.393 e. The number of rotatable bonds is 12. The Morgan fingerprint density at radius 2 is 0.867 bits per heavy atom. The molecule has 0 saturated carbocycles. The molecule has 1 aromatic rings. The van der Waals surface area contributed by atoms with E-state index in [1.165, 1.54) is 0 Å². The van der Waals surface area contributed by atoms with Crippen LogP contribution in [0.25, 0.3) is 0 Å². The van der Waals surface area contributed by atoms with Gasteiger partial charge in [0.15, 0.2) is 0 Å². The number of hydrogen-bond acceptors (Lipinski definition) is 6. The molecular formula is C24H42O6. The van der Waals surface area contributed by atoms with Crippen molar-refractivity contribution in [3.63, 3.8) is 0 Å². The van der Waals surface area contributed by atoms with Crippen LogP contribution in [0.1, 0.15) is 93.2 Å². The van der Waals surface area contributed by atoms with Crippen molar-refractivity contribution in [3.8, 4) is 0 Å². The van der Waals surface area contributed by atoms with Crippen LogP contribution in [0.15, 0.2) is 24.3 Å². The zero-order valence-corrected chi connectivity index (χ0v) is 20.4. The lowest BCUT2D eigenvalue weighted by Gasteiger charge is -2.33. The lowest BCUT2D eigenvalue weighted by molar-refractivity contribution is -0.408. The van der Waals surface area contributed by atoms with Gasteiger partial charge in [-0.1, -0.05) is 24.3 Å². The average molecular weight is 427 g/mol. The predicted molar refractivity (Wildman–Crippen MR) is 118 cm³/mol. The van der Waals surface area contributed by atoms with E-state index in [0.717, 1.165) is 11.1 Å². The van der Waals surface area contributed by atoms with Gasteiger partial charge in [0.1, 0.15) is 22.4 Å². The molecule has 0 aliphatic rings. The van der Waals surface area contributed by atoms with Gasteiger partial charge in [-0.05, 0) is 80.4 Å². The highest BCUT2D eigenvalue weighted by Gasteiger charge is 2.32. The highest BCUT2D eigenvalue weighted by Crippen LogP contribution is 2.32. The van der Waals surface area contributed by atoms with E-state index in [2.05, 4.69) is 0 Å². The quantitative estimate of drug-likeness (QED) is 0.355. The van der Waals surface area contributed by atoms with Crippen LogP contribution < -0.4 is 0 Å². The van der Waals surface area contributed by atoms with E-state index in [1.807, 2.05) is 79.7 Å². The van der Waals surface area contributed by atoms with E-state index in [9.17, 15) is 10.2 Å². The molecule has 0 aliphatic heterocycles. The Hall–Kier alpha value is -1.02. The minimum atomic E-state index is -0.671. The van der Waals surface area contributed by atoms with E-state index < -0.39 is 34.6 Å². The van der Waals surface area contributed by atoms with Crippen LogP contribution in [-0.4, -0.2) is 33.6 Å². The molecule has 1 aromatic carbocycles. The number of benzene rings is 1. The Bertz CT molecular complexity index is 587. The van der Waals surface area contributed by atoms with E-state index in [-0.39, 0.29) is 0 Å². The summed E-state index contributed by atoms with van der Waals surface area (Å²) >= 11 is 0. The Balaban J connectivity index is 2.80. The van der Waals surface area contributed by atoms with Crippen molar-refractivity contribution in [2.45, 2.75) is 117 Å². The smallest absolute Gasteiger partial charge is 0.123 e. The molecule has 0 aromatic heterocycles. The maximum Gasteiger partial charge on any atom is 0.123 e. The summed E-state index contributed by atoms with van der Waals surface area (Å²) in [6, 6.07) is 7.91. The van der Waals surface area contributed by atoms with Gasteiger partial charge in [-0.25, -0.2) is 19.6 Å². The molecule has 0 heterocycles. The lowest BCUT2D eigenvalue weighted by Crippen LogP contribution is -2.34. The van der Waals surface area contributed by atoms with E-state index in [1.54, 1.807) is 13.8 Å². The van der Waals surface area contributed by atoms with Gasteiger partial charge in [0, 0.05) is 12.8 Å². The van der Waals surface area contributed by atoms with E-state index in [0.29, 0.717) is 12.8 Å². The van der Waals surface area contributed by atoms with Gasteiger partial charge in [0.25, 0.3) is 0 Å². The number of aliphatic hydroxyl groups excluding tert-OH is 2. The van der Waals surface area contributed by atoms with Crippen LogP contribution in [0.2, 0.25) is 0 Å². The highest BCUT2D eigenvalue weighted by atomic mass is 17.2. The summed E-state index contributed by atoms with van der Waals surface area (Å²) < 4.78 is 0. The first-order valence-corrected chi connectivity index (χ1v) is 10.7. The van der Waals surface area contributed by atoms with E-state index in [4.69, 9.17) is 19.6 Å². The molecule has 0 saturated heterocycles. The fourth-order valence-corrected chi connectivity index (χ4v) is 3.29. The molecule has 1 rings (SSSR count). The normalized spacial score (nSPS) is 15.9. The van der Waals surface area contributed by atoms with Crippen molar-refractivity contribution >= 4 is 0 Å². The lowest BCUT2D eigenvalue weighted by atomic mass is 9.92. The summed E-state index contributed by atoms with van der Waals surface area (Å²) in [7, 11) is 0. The van der Waals surface area contributed by atoms with Crippen molar-refractivity contribution in [3.05, 3.63) is 35.4 Å². The Morgan fingerprint density at radius 3 is 1.10 bits per heavy atom. The molecule has 174 valence electrons. The maximum absolute atomic E-state index is 9.61. The molecule has 0 radical (unpaired) electrons. The first kappa shape index (κ1) is 27.0. The topological polar surface area (TPSA) is 77.4 Å². The molecule has 0 fully saturated rings. The average Bonchev–Trinajstić information content (AvgIpc) is 2.57. The second-order valence-corrected chi connectivity index (χ2v) is 10.6. The summed E-state index contributed by atoms with van der Waals surface area (Å²) in [5.41, 5.74) is -0.644. The Morgan fingerprint density at radius 1 is 0.600 bits per heavy atom. The molecule has 6 heteroatoms. The first-order valence-electron chi connectivity index (χ1n) is 10.7. The molecule has 30 heavy (non-hydrogen) atoms. The molecular weight excluding hydrogens is 384 g/mol. The van der Waals surface area contributed by atoms with Crippen LogP contribution >= 0.6 is 0 Å². The third kappa shape index (κ3) is 9.00. The van der Waals surface area contributed by atoms with Crippen LogP contribution in [0.4, 0.5) is 0 Å². The monoisotopic (exact) mass is 426 g/mol. The van der Waals surface area contributed by atoms with Crippen LogP contribution in [0, 0.1) is 0 Å². The van der Waals surface area contributed by atoms with Crippen LogP contribution in [0.3, 0.4) is 0 Å². The van der Waals surface area contributed by atoms with Crippen molar-refractivity contribution < 1.29 is 29.8 Å². The van der Waals surface area contributed by atoms with Gasteiger partial charge in [-0.2, -0.15) is 0 Å². The molecule has 0 amide bonds. The Labute approximate surface area is 182 Å². The van der Waals surface area contributed by atoms with Crippen molar-refractivity contribution in [2.24, 2.45) is 0 Å². The van der Waals surface area contributed by atoms with Crippen molar-refractivity contribution in [1.82, 2.24) is 0 Å². The molecule has 0 bridgehead atoms. The van der Waals surface area contributed by atoms with Gasteiger partial charge < -0.3 is 10.2 Å². The third-order valence-electron chi connectivity index (χ3n) is 4.80. The summed E-state index contributed by atoms with van der Waals surface area (Å²) in [4.78, 5) is 22.8. The standard InChI is InChI=1S/C24H42O6/c1-17(25)15-21(3,4)27-29-23(7,8)19-11-13-20(14-12-19)24(9,10)30-28-22(5,6)16-18(2)26/h11-14,17-18,25-26H,15-16H2,1-10H3. The SMILES string of the molecule is CC(O)CC(C)(C)OOC(C)(C)c1ccc(C(C)(C)OOC(C)(C)CC(C)O)cc1. The molecule has 2 unspecified atom stereocenters. The van der Waals surface area contributed by atoms with Gasteiger partial charge >= 0.3 is 0 Å². The highest BCUT2D eigenvalue weighted by molar-refractivity contribution is 5.29. The van der Waals surface area contributed by atoms with Crippen molar-refractivity contribution in [1.29, 1.82) is 0 Å². The zero-order valence-electron chi connectivity index (χ0n) is 20.4.